The fraction of sp³-hybridized carbons (Fsp3) is 0.250. The van der Waals surface area contributed by atoms with E-state index in [0.717, 1.165) is 15.8 Å². The van der Waals surface area contributed by atoms with Crippen molar-refractivity contribution in [3.8, 4) is 5.75 Å². The molecule has 2 aromatic rings. The Kier molecular flexibility index (Phi) is 5.00. The van der Waals surface area contributed by atoms with E-state index in [4.69, 9.17) is 9.47 Å². The van der Waals surface area contributed by atoms with Crippen molar-refractivity contribution in [1.82, 2.24) is 0 Å². The average Bonchev–Trinajstić information content (AvgIpc) is 2.43. The monoisotopic (exact) mass is 320 g/mol. The lowest BCUT2D eigenvalue weighted by molar-refractivity contribution is 0.106. The third kappa shape index (κ3) is 4.08. The molecule has 0 aliphatic carbocycles. The van der Waals surface area contributed by atoms with Gasteiger partial charge in [-0.3, -0.25) is 0 Å². The molecule has 0 saturated carbocycles. The minimum atomic E-state index is 0.607. The standard InChI is InChI=1S/C16H17BrO2/c1-12-3-6-15(17)9-14(12)11-19-10-13-4-7-16(18-2)8-5-13/h3-9H,10-11H2,1-2H3. The van der Waals surface area contributed by atoms with Gasteiger partial charge < -0.3 is 9.47 Å². The summed E-state index contributed by atoms with van der Waals surface area (Å²) in [6, 6.07) is 14.2. The van der Waals surface area contributed by atoms with Crippen LogP contribution in [0.4, 0.5) is 0 Å². The zero-order valence-corrected chi connectivity index (χ0v) is 12.7. The first-order valence-electron chi connectivity index (χ1n) is 6.15. The van der Waals surface area contributed by atoms with Crippen molar-refractivity contribution in [2.45, 2.75) is 20.1 Å². The summed E-state index contributed by atoms with van der Waals surface area (Å²) in [7, 11) is 1.67. The van der Waals surface area contributed by atoms with E-state index in [9.17, 15) is 0 Å². The van der Waals surface area contributed by atoms with Crippen LogP contribution in [-0.2, 0) is 18.0 Å². The van der Waals surface area contributed by atoms with Crippen molar-refractivity contribution >= 4 is 15.9 Å². The normalized spacial score (nSPS) is 10.5. The Morgan fingerprint density at radius 2 is 1.74 bits per heavy atom. The highest BCUT2D eigenvalue weighted by Gasteiger charge is 2.00. The highest BCUT2D eigenvalue weighted by Crippen LogP contribution is 2.18. The summed E-state index contributed by atoms with van der Waals surface area (Å²) < 4.78 is 12.0. The van der Waals surface area contributed by atoms with E-state index in [0.29, 0.717) is 13.2 Å². The van der Waals surface area contributed by atoms with Crippen LogP contribution >= 0.6 is 15.9 Å². The van der Waals surface area contributed by atoms with E-state index in [2.05, 4.69) is 35.0 Å². The molecule has 100 valence electrons. The highest BCUT2D eigenvalue weighted by atomic mass is 79.9. The molecule has 2 rings (SSSR count). The lowest BCUT2D eigenvalue weighted by Crippen LogP contribution is -1.96. The van der Waals surface area contributed by atoms with Gasteiger partial charge in [-0.25, -0.2) is 0 Å². The van der Waals surface area contributed by atoms with Crippen molar-refractivity contribution < 1.29 is 9.47 Å². The third-order valence-electron chi connectivity index (χ3n) is 3.00. The third-order valence-corrected chi connectivity index (χ3v) is 3.49. The summed E-state index contributed by atoms with van der Waals surface area (Å²) in [5.74, 6) is 0.867. The number of halogens is 1. The summed E-state index contributed by atoms with van der Waals surface area (Å²) in [5.41, 5.74) is 3.61. The Labute approximate surface area is 122 Å². The molecule has 0 spiro atoms. The molecule has 0 aliphatic heterocycles. The number of hydrogen-bond donors (Lipinski definition) is 0. The molecule has 0 N–H and O–H groups in total. The zero-order chi connectivity index (χ0) is 13.7. The summed E-state index contributed by atoms with van der Waals surface area (Å²) in [6.07, 6.45) is 0. The first-order chi connectivity index (χ1) is 9.19. The topological polar surface area (TPSA) is 18.5 Å². The van der Waals surface area contributed by atoms with Gasteiger partial charge in [0.1, 0.15) is 5.75 Å². The van der Waals surface area contributed by atoms with Gasteiger partial charge >= 0.3 is 0 Å². The Morgan fingerprint density at radius 3 is 2.42 bits per heavy atom. The van der Waals surface area contributed by atoms with Gasteiger partial charge in [0.25, 0.3) is 0 Å². The predicted molar refractivity (Wildman–Crippen MR) is 80.4 cm³/mol. The molecule has 2 nitrogen and oxygen atoms in total. The van der Waals surface area contributed by atoms with Crippen LogP contribution in [-0.4, -0.2) is 7.11 Å². The Balaban J connectivity index is 1.90. The lowest BCUT2D eigenvalue weighted by atomic mass is 10.1. The maximum absolute atomic E-state index is 5.75. The predicted octanol–water partition coefficient (Wildman–Crippen LogP) is 4.48. The molecule has 0 fully saturated rings. The number of benzene rings is 2. The van der Waals surface area contributed by atoms with Gasteiger partial charge in [0.05, 0.1) is 20.3 Å². The van der Waals surface area contributed by atoms with Crippen molar-refractivity contribution in [2.24, 2.45) is 0 Å². The van der Waals surface area contributed by atoms with E-state index in [1.807, 2.05) is 30.3 Å². The molecule has 0 unspecified atom stereocenters. The molecular weight excluding hydrogens is 304 g/mol. The molecule has 0 aliphatic rings. The molecule has 0 amide bonds. The summed E-state index contributed by atoms with van der Waals surface area (Å²) >= 11 is 3.48. The minimum absolute atomic E-state index is 0.607. The van der Waals surface area contributed by atoms with Gasteiger partial charge in [-0.15, -0.1) is 0 Å². The molecule has 0 heterocycles. The van der Waals surface area contributed by atoms with Crippen LogP contribution in [0.3, 0.4) is 0 Å². The van der Waals surface area contributed by atoms with Gasteiger partial charge in [0.2, 0.25) is 0 Å². The van der Waals surface area contributed by atoms with E-state index in [1.54, 1.807) is 7.11 Å². The van der Waals surface area contributed by atoms with Crippen LogP contribution in [0.25, 0.3) is 0 Å². The van der Waals surface area contributed by atoms with E-state index in [-0.39, 0.29) is 0 Å². The second kappa shape index (κ2) is 6.73. The second-order valence-corrected chi connectivity index (χ2v) is 5.33. The van der Waals surface area contributed by atoms with E-state index >= 15 is 0 Å². The number of hydrogen-bond acceptors (Lipinski definition) is 2. The van der Waals surface area contributed by atoms with Crippen LogP contribution in [0.5, 0.6) is 5.75 Å². The Bertz CT molecular complexity index is 535. The SMILES string of the molecule is COc1ccc(COCc2cc(Br)ccc2C)cc1. The Morgan fingerprint density at radius 1 is 1.00 bits per heavy atom. The molecule has 2 aromatic carbocycles. The van der Waals surface area contributed by atoms with Gasteiger partial charge in [0.15, 0.2) is 0 Å². The van der Waals surface area contributed by atoms with E-state index in [1.165, 1.54) is 11.1 Å². The quantitative estimate of drug-likeness (QED) is 0.808. The van der Waals surface area contributed by atoms with Crippen LogP contribution in [0.15, 0.2) is 46.9 Å². The van der Waals surface area contributed by atoms with Crippen LogP contribution in [0, 0.1) is 6.92 Å². The molecule has 3 heteroatoms. The van der Waals surface area contributed by atoms with Gasteiger partial charge in [-0.05, 0) is 47.9 Å². The minimum Gasteiger partial charge on any atom is -0.497 e. The molecule has 19 heavy (non-hydrogen) atoms. The van der Waals surface area contributed by atoms with Gasteiger partial charge in [0, 0.05) is 4.47 Å². The van der Waals surface area contributed by atoms with E-state index < -0.39 is 0 Å². The molecule has 0 saturated heterocycles. The molecule has 0 bridgehead atoms. The fourth-order valence-electron chi connectivity index (χ4n) is 1.80. The van der Waals surface area contributed by atoms with Crippen LogP contribution in [0.2, 0.25) is 0 Å². The Hall–Kier alpha value is -1.32. The van der Waals surface area contributed by atoms with Crippen LogP contribution in [0.1, 0.15) is 16.7 Å². The largest absolute Gasteiger partial charge is 0.497 e. The second-order valence-electron chi connectivity index (χ2n) is 4.41. The van der Waals surface area contributed by atoms with Crippen molar-refractivity contribution in [1.29, 1.82) is 0 Å². The summed E-state index contributed by atoms with van der Waals surface area (Å²) in [6.45, 7) is 3.33. The van der Waals surface area contributed by atoms with Crippen molar-refractivity contribution in [3.63, 3.8) is 0 Å². The summed E-state index contributed by atoms with van der Waals surface area (Å²) in [4.78, 5) is 0. The van der Waals surface area contributed by atoms with Crippen molar-refractivity contribution in [3.05, 3.63) is 63.6 Å². The summed E-state index contributed by atoms with van der Waals surface area (Å²) in [5, 5.41) is 0. The molecule has 0 radical (unpaired) electrons. The maximum Gasteiger partial charge on any atom is 0.118 e. The number of methoxy groups -OCH3 is 1. The van der Waals surface area contributed by atoms with Crippen LogP contribution < -0.4 is 4.74 Å². The number of aryl methyl sites for hydroxylation is 1. The lowest BCUT2D eigenvalue weighted by Gasteiger charge is -2.08. The molecule has 0 atom stereocenters. The highest BCUT2D eigenvalue weighted by molar-refractivity contribution is 9.10. The first-order valence-corrected chi connectivity index (χ1v) is 6.94. The van der Waals surface area contributed by atoms with Crippen molar-refractivity contribution in [2.75, 3.05) is 7.11 Å². The number of rotatable bonds is 5. The zero-order valence-electron chi connectivity index (χ0n) is 11.2. The average molecular weight is 321 g/mol. The number of ether oxygens (including phenoxy) is 2. The fourth-order valence-corrected chi connectivity index (χ4v) is 2.20. The van der Waals surface area contributed by atoms with Gasteiger partial charge in [-0.2, -0.15) is 0 Å². The smallest absolute Gasteiger partial charge is 0.118 e. The maximum atomic E-state index is 5.75. The molecule has 0 aromatic heterocycles. The molecular formula is C16H17BrO2. The first kappa shape index (κ1) is 14.1. The van der Waals surface area contributed by atoms with Gasteiger partial charge in [-0.1, -0.05) is 34.1 Å².